The summed E-state index contributed by atoms with van der Waals surface area (Å²) >= 11 is 0. The molecule has 0 spiro atoms. The zero-order valence-corrected chi connectivity index (χ0v) is 9.59. The molecule has 2 heterocycles. The van der Waals surface area contributed by atoms with E-state index >= 15 is 0 Å². The van der Waals surface area contributed by atoms with Gasteiger partial charge in [0.2, 0.25) is 5.95 Å². The number of nitrogens with two attached hydrogens (primary N) is 1. The lowest BCUT2D eigenvalue weighted by Crippen LogP contribution is -2.30. The van der Waals surface area contributed by atoms with Crippen molar-refractivity contribution in [3.8, 4) is 0 Å². The summed E-state index contributed by atoms with van der Waals surface area (Å²) in [5, 5.41) is 0. The number of anilines is 1. The van der Waals surface area contributed by atoms with Crippen LogP contribution in [0.25, 0.3) is 0 Å². The molecule has 1 aliphatic rings. The second-order valence-corrected chi connectivity index (χ2v) is 4.07. The van der Waals surface area contributed by atoms with Gasteiger partial charge < -0.3 is 15.4 Å². The SMILES string of the molecule is CN(CC1CCCO1)c1nccc(CN)n1. The lowest BCUT2D eigenvalue weighted by Gasteiger charge is -2.20. The Morgan fingerprint density at radius 3 is 3.19 bits per heavy atom. The Bertz CT molecular complexity index is 339. The van der Waals surface area contributed by atoms with Crippen molar-refractivity contribution in [1.82, 2.24) is 9.97 Å². The topological polar surface area (TPSA) is 64.3 Å². The number of rotatable bonds is 4. The highest BCUT2D eigenvalue weighted by Crippen LogP contribution is 2.15. The van der Waals surface area contributed by atoms with E-state index in [1.165, 1.54) is 0 Å². The van der Waals surface area contributed by atoms with Crippen LogP contribution in [-0.2, 0) is 11.3 Å². The zero-order valence-electron chi connectivity index (χ0n) is 9.59. The van der Waals surface area contributed by atoms with Crippen LogP contribution in [0.4, 0.5) is 5.95 Å². The van der Waals surface area contributed by atoms with Gasteiger partial charge in [-0.1, -0.05) is 0 Å². The average molecular weight is 222 g/mol. The van der Waals surface area contributed by atoms with Gasteiger partial charge in [0.25, 0.3) is 0 Å². The Hall–Kier alpha value is -1.20. The van der Waals surface area contributed by atoms with E-state index in [-0.39, 0.29) is 0 Å². The van der Waals surface area contributed by atoms with Gasteiger partial charge in [-0.3, -0.25) is 0 Å². The van der Waals surface area contributed by atoms with Gasteiger partial charge in [0.05, 0.1) is 11.8 Å². The summed E-state index contributed by atoms with van der Waals surface area (Å²) in [6.07, 6.45) is 4.34. The monoisotopic (exact) mass is 222 g/mol. The van der Waals surface area contributed by atoms with Crippen molar-refractivity contribution < 1.29 is 4.74 Å². The summed E-state index contributed by atoms with van der Waals surface area (Å²) in [7, 11) is 1.98. The summed E-state index contributed by atoms with van der Waals surface area (Å²) in [6, 6.07) is 1.84. The van der Waals surface area contributed by atoms with Crippen molar-refractivity contribution in [1.29, 1.82) is 0 Å². The Kier molecular flexibility index (Phi) is 3.69. The third-order valence-electron chi connectivity index (χ3n) is 2.75. The van der Waals surface area contributed by atoms with Crippen molar-refractivity contribution >= 4 is 5.95 Å². The highest BCUT2D eigenvalue weighted by Gasteiger charge is 2.18. The maximum atomic E-state index is 5.58. The molecule has 0 radical (unpaired) electrons. The van der Waals surface area contributed by atoms with Crippen LogP contribution in [0.15, 0.2) is 12.3 Å². The van der Waals surface area contributed by atoms with Crippen molar-refractivity contribution in [2.24, 2.45) is 5.73 Å². The van der Waals surface area contributed by atoms with E-state index in [9.17, 15) is 0 Å². The Labute approximate surface area is 95.6 Å². The molecule has 0 saturated carbocycles. The normalized spacial score (nSPS) is 20.0. The molecular formula is C11H18N4O. The minimum atomic E-state index is 0.315. The number of hydrogen-bond donors (Lipinski definition) is 1. The fourth-order valence-corrected chi connectivity index (χ4v) is 1.86. The third kappa shape index (κ3) is 2.68. The predicted octanol–water partition coefficient (Wildman–Crippen LogP) is 0.550. The minimum absolute atomic E-state index is 0.315. The molecule has 1 aromatic heterocycles. The standard InChI is InChI=1S/C11H18N4O/c1-15(8-10-3-2-6-16-10)11-13-5-4-9(7-12)14-11/h4-5,10H,2-3,6-8,12H2,1H3. The van der Waals surface area contributed by atoms with Gasteiger partial charge in [0, 0.05) is 32.9 Å². The van der Waals surface area contributed by atoms with E-state index in [1.54, 1.807) is 6.20 Å². The molecule has 0 aromatic carbocycles. The van der Waals surface area contributed by atoms with Crippen molar-refractivity contribution in [2.45, 2.75) is 25.5 Å². The molecule has 1 aliphatic heterocycles. The predicted molar refractivity (Wildman–Crippen MR) is 62.2 cm³/mol. The van der Waals surface area contributed by atoms with E-state index in [4.69, 9.17) is 10.5 Å². The molecule has 1 fully saturated rings. The van der Waals surface area contributed by atoms with E-state index in [0.717, 1.165) is 37.6 Å². The second kappa shape index (κ2) is 5.23. The number of likely N-dealkylation sites (N-methyl/N-ethyl adjacent to an activating group) is 1. The van der Waals surface area contributed by atoms with Gasteiger partial charge in [-0.15, -0.1) is 0 Å². The molecule has 88 valence electrons. The highest BCUT2D eigenvalue weighted by molar-refractivity contribution is 5.29. The smallest absolute Gasteiger partial charge is 0.225 e. The fraction of sp³-hybridized carbons (Fsp3) is 0.636. The maximum Gasteiger partial charge on any atom is 0.225 e. The molecule has 2 N–H and O–H groups in total. The van der Waals surface area contributed by atoms with Gasteiger partial charge in [-0.25, -0.2) is 9.97 Å². The molecule has 2 rings (SSSR count). The van der Waals surface area contributed by atoms with Gasteiger partial charge in [-0.2, -0.15) is 0 Å². The van der Waals surface area contributed by atoms with E-state index < -0.39 is 0 Å². The molecular weight excluding hydrogens is 204 g/mol. The summed E-state index contributed by atoms with van der Waals surface area (Å²) in [5.74, 6) is 0.721. The molecule has 0 aliphatic carbocycles. The molecule has 1 unspecified atom stereocenters. The minimum Gasteiger partial charge on any atom is -0.376 e. The number of aromatic nitrogens is 2. The molecule has 0 bridgehead atoms. The van der Waals surface area contributed by atoms with Crippen LogP contribution in [0.1, 0.15) is 18.5 Å². The largest absolute Gasteiger partial charge is 0.376 e. The average Bonchev–Trinajstić information content (AvgIpc) is 2.82. The van der Waals surface area contributed by atoms with Crippen LogP contribution < -0.4 is 10.6 Å². The maximum absolute atomic E-state index is 5.58. The first-order chi connectivity index (χ1) is 7.79. The number of ether oxygens (including phenoxy) is 1. The fourth-order valence-electron chi connectivity index (χ4n) is 1.86. The van der Waals surface area contributed by atoms with Crippen molar-refractivity contribution in [3.05, 3.63) is 18.0 Å². The molecule has 16 heavy (non-hydrogen) atoms. The van der Waals surface area contributed by atoms with Gasteiger partial charge in [-0.05, 0) is 18.9 Å². The van der Waals surface area contributed by atoms with Gasteiger partial charge in [0.15, 0.2) is 0 Å². The number of hydrogen-bond acceptors (Lipinski definition) is 5. The van der Waals surface area contributed by atoms with Gasteiger partial charge in [0.1, 0.15) is 0 Å². The number of nitrogens with zero attached hydrogens (tertiary/aromatic N) is 3. The van der Waals surface area contributed by atoms with Crippen LogP contribution in [-0.4, -0.2) is 36.3 Å². The van der Waals surface area contributed by atoms with Crippen molar-refractivity contribution in [2.75, 3.05) is 25.1 Å². The highest BCUT2D eigenvalue weighted by atomic mass is 16.5. The summed E-state index contributed by atoms with van der Waals surface area (Å²) < 4.78 is 5.58. The van der Waals surface area contributed by atoms with Gasteiger partial charge >= 0.3 is 0 Å². The van der Waals surface area contributed by atoms with E-state index in [0.29, 0.717) is 12.6 Å². The third-order valence-corrected chi connectivity index (χ3v) is 2.75. The summed E-state index contributed by atoms with van der Waals surface area (Å²) in [5.41, 5.74) is 6.41. The molecule has 1 saturated heterocycles. The summed E-state index contributed by atoms with van der Waals surface area (Å²) in [4.78, 5) is 10.6. The molecule has 0 amide bonds. The van der Waals surface area contributed by atoms with Crippen LogP contribution in [0, 0.1) is 0 Å². The molecule has 5 nitrogen and oxygen atoms in total. The Balaban J connectivity index is 1.98. The van der Waals surface area contributed by atoms with Crippen LogP contribution in [0.3, 0.4) is 0 Å². The Morgan fingerprint density at radius 2 is 2.50 bits per heavy atom. The lowest BCUT2D eigenvalue weighted by atomic mass is 10.2. The Morgan fingerprint density at radius 1 is 1.62 bits per heavy atom. The quantitative estimate of drug-likeness (QED) is 0.806. The first kappa shape index (κ1) is 11.3. The molecule has 5 heteroatoms. The molecule has 1 aromatic rings. The second-order valence-electron chi connectivity index (χ2n) is 4.07. The first-order valence-corrected chi connectivity index (χ1v) is 5.64. The van der Waals surface area contributed by atoms with E-state index in [1.807, 2.05) is 18.0 Å². The van der Waals surface area contributed by atoms with E-state index in [2.05, 4.69) is 9.97 Å². The summed E-state index contributed by atoms with van der Waals surface area (Å²) in [6.45, 7) is 2.17. The van der Waals surface area contributed by atoms with Crippen LogP contribution in [0.5, 0.6) is 0 Å². The molecule has 1 atom stereocenters. The lowest BCUT2D eigenvalue weighted by molar-refractivity contribution is 0.116. The van der Waals surface area contributed by atoms with Crippen LogP contribution in [0.2, 0.25) is 0 Å². The zero-order chi connectivity index (χ0) is 11.4. The van der Waals surface area contributed by atoms with Crippen LogP contribution >= 0.6 is 0 Å². The first-order valence-electron chi connectivity index (χ1n) is 5.64. The van der Waals surface area contributed by atoms with Crippen molar-refractivity contribution in [3.63, 3.8) is 0 Å².